The number of hydrogen-bond donors (Lipinski definition) is 0. The third-order valence-electron chi connectivity index (χ3n) is 6.40. The van der Waals surface area contributed by atoms with Gasteiger partial charge in [-0.1, -0.05) is 36.4 Å². The number of amides is 1. The number of benzene rings is 2. The fourth-order valence-corrected chi connectivity index (χ4v) is 4.83. The highest BCUT2D eigenvalue weighted by atomic mass is 16.5. The van der Waals surface area contributed by atoms with E-state index in [2.05, 4.69) is 41.3 Å². The number of nitrogens with zero attached hydrogens (tertiary/aromatic N) is 3. The maximum atomic E-state index is 13.4. The predicted molar refractivity (Wildman–Crippen MR) is 115 cm³/mol. The lowest BCUT2D eigenvalue weighted by Crippen LogP contribution is -2.44. The molecule has 0 saturated carbocycles. The molecule has 3 aliphatic rings. The molecular formula is C24H27N3O3. The molecule has 0 aromatic heterocycles. The Morgan fingerprint density at radius 2 is 1.90 bits per heavy atom. The van der Waals surface area contributed by atoms with Crippen molar-refractivity contribution in [3.63, 3.8) is 0 Å². The first-order valence-corrected chi connectivity index (χ1v) is 10.7. The van der Waals surface area contributed by atoms with Crippen LogP contribution in [0.2, 0.25) is 0 Å². The molecule has 2 aromatic rings. The average molecular weight is 405 g/mol. The van der Waals surface area contributed by atoms with Crippen LogP contribution in [-0.2, 0) is 16.0 Å². The Kier molecular flexibility index (Phi) is 5.27. The van der Waals surface area contributed by atoms with Gasteiger partial charge in [-0.25, -0.2) is 5.01 Å². The van der Waals surface area contributed by atoms with E-state index in [-0.39, 0.29) is 17.9 Å². The van der Waals surface area contributed by atoms with E-state index in [0.29, 0.717) is 19.8 Å². The second-order valence-electron chi connectivity index (χ2n) is 8.13. The molecule has 1 saturated heterocycles. The minimum atomic E-state index is -0.0761. The molecule has 0 bridgehead atoms. The Morgan fingerprint density at radius 1 is 1.13 bits per heavy atom. The molecule has 0 N–H and O–H groups in total. The van der Waals surface area contributed by atoms with Gasteiger partial charge in [-0.15, -0.1) is 0 Å². The van der Waals surface area contributed by atoms with E-state index < -0.39 is 0 Å². The Labute approximate surface area is 177 Å². The monoisotopic (exact) mass is 405 g/mol. The van der Waals surface area contributed by atoms with Gasteiger partial charge in [-0.2, -0.15) is 5.10 Å². The van der Waals surface area contributed by atoms with Crippen molar-refractivity contribution in [2.45, 2.75) is 18.9 Å². The number of fused-ring (bicyclic) bond motifs is 3. The topological polar surface area (TPSA) is 54.4 Å². The summed E-state index contributed by atoms with van der Waals surface area (Å²) in [5, 5.41) is 6.68. The van der Waals surface area contributed by atoms with Crippen LogP contribution in [-0.4, -0.2) is 61.5 Å². The number of morpholine rings is 1. The van der Waals surface area contributed by atoms with Crippen LogP contribution in [0.25, 0.3) is 0 Å². The van der Waals surface area contributed by atoms with Gasteiger partial charge in [-0.05, 0) is 36.1 Å². The van der Waals surface area contributed by atoms with E-state index in [1.807, 2.05) is 12.1 Å². The van der Waals surface area contributed by atoms with Crippen molar-refractivity contribution in [3.8, 4) is 5.75 Å². The van der Waals surface area contributed by atoms with E-state index in [1.165, 1.54) is 11.1 Å². The molecule has 2 atom stereocenters. The first-order valence-electron chi connectivity index (χ1n) is 10.7. The second kappa shape index (κ2) is 8.20. The Hall–Kier alpha value is -2.70. The van der Waals surface area contributed by atoms with Crippen LogP contribution >= 0.6 is 0 Å². The normalized spacial score (nSPS) is 23.5. The summed E-state index contributed by atoms with van der Waals surface area (Å²) < 4.78 is 10.8. The van der Waals surface area contributed by atoms with Crippen LogP contribution in [0.3, 0.4) is 0 Å². The van der Waals surface area contributed by atoms with Gasteiger partial charge in [0.05, 0.1) is 38.6 Å². The lowest BCUT2D eigenvalue weighted by molar-refractivity contribution is -0.135. The van der Waals surface area contributed by atoms with Gasteiger partial charge in [0.1, 0.15) is 5.75 Å². The predicted octanol–water partition coefficient (Wildman–Crippen LogP) is 2.88. The van der Waals surface area contributed by atoms with Gasteiger partial charge in [-0.3, -0.25) is 9.69 Å². The SMILES string of the molecule is COc1ccc([C@@H]2[C@@H]3CCc4ccccc4C3=NN2C(=O)CN2CCOCC2)cc1. The number of carbonyl (C=O) groups excluding carboxylic acids is 1. The molecule has 2 heterocycles. The summed E-state index contributed by atoms with van der Waals surface area (Å²) in [7, 11) is 1.67. The third-order valence-corrected chi connectivity index (χ3v) is 6.40. The lowest BCUT2D eigenvalue weighted by atomic mass is 9.77. The first-order chi connectivity index (χ1) is 14.7. The number of methoxy groups -OCH3 is 1. The van der Waals surface area contributed by atoms with Crippen molar-refractivity contribution in [1.29, 1.82) is 0 Å². The number of carbonyl (C=O) groups is 1. The van der Waals surface area contributed by atoms with Gasteiger partial charge in [0.15, 0.2) is 0 Å². The molecule has 0 radical (unpaired) electrons. The van der Waals surface area contributed by atoms with Crippen molar-refractivity contribution < 1.29 is 14.3 Å². The summed E-state index contributed by atoms with van der Waals surface area (Å²) in [5.74, 6) is 1.08. The third kappa shape index (κ3) is 3.50. The molecular weight excluding hydrogens is 378 g/mol. The van der Waals surface area contributed by atoms with E-state index >= 15 is 0 Å². The number of ether oxygens (including phenoxy) is 2. The zero-order valence-electron chi connectivity index (χ0n) is 17.3. The van der Waals surface area contributed by atoms with Gasteiger partial charge in [0.25, 0.3) is 5.91 Å². The van der Waals surface area contributed by atoms with Crippen molar-refractivity contribution in [2.24, 2.45) is 11.0 Å². The molecule has 0 spiro atoms. The van der Waals surface area contributed by atoms with Crippen LogP contribution in [0.4, 0.5) is 0 Å². The highest BCUT2D eigenvalue weighted by Gasteiger charge is 2.43. The summed E-state index contributed by atoms with van der Waals surface area (Å²) in [6.45, 7) is 3.31. The molecule has 5 rings (SSSR count). The fraction of sp³-hybridized carbons (Fsp3) is 0.417. The zero-order chi connectivity index (χ0) is 20.5. The largest absolute Gasteiger partial charge is 0.497 e. The van der Waals surface area contributed by atoms with Crippen LogP contribution in [0.1, 0.15) is 29.2 Å². The number of hydrazone groups is 1. The number of aryl methyl sites for hydroxylation is 1. The van der Waals surface area contributed by atoms with Crippen molar-refractivity contribution >= 4 is 11.6 Å². The van der Waals surface area contributed by atoms with Crippen LogP contribution in [0.5, 0.6) is 5.75 Å². The Morgan fingerprint density at radius 3 is 2.67 bits per heavy atom. The van der Waals surface area contributed by atoms with Gasteiger partial charge >= 0.3 is 0 Å². The second-order valence-corrected chi connectivity index (χ2v) is 8.13. The number of rotatable bonds is 4. The first kappa shape index (κ1) is 19.3. The summed E-state index contributed by atoms with van der Waals surface area (Å²) in [6.07, 6.45) is 2.01. The minimum Gasteiger partial charge on any atom is -0.497 e. The van der Waals surface area contributed by atoms with Crippen LogP contribution in [0.15, 0.2) is 53.6 Å². The standard InChI is InChI=1S/C24H27N3O3/c1-29-19-9-6-18(7-10-19)24-21-11-8-17-4-2-3-5-20(17)23(21)25-27(24)22(28)16-26-12-14-30-15-13-26/h2-7,9-10,21,24H,8,11-16H2,1H3/t21-,24-/m1/s1. The summed E-state index contributed by atoms with van der Waals surface area (Å²) in [5.41, 5.74) is 4.67. The Bertz CT molecular complexity index is 950. The maximum Gasteiger partial charge on any atom is 0.257 e. The van der Waals surface area contributed by atoms with E-state index in [0.717, 1.165) is 43.0 Å². The molecule has 2 aliphatic heterocycles. The number of hydrogen-bond acceptors (Lipinski definition) is 5. The van der Waals surface area contributed by atoms with Crippen LogP contribution in [0, 0.1) is 5.92 Å². The van der Waals surface area contributed by atoms with Gasteiger partial charge < -0.3 is 9.47 Å². The summed E-state index contributed by atoms with van der Waals surface area (Å²) >= 11 is 0. The fourth-order valence-electron chi connectivity index (χ4n) is 4.83. The quantitative estimate of drug-likeness (QED) is 0.785. The van der Waals surface area contributed by atoms with Crippen LogP contribution < -0.4 is 4.74 Å². The van der Waals surface area contributed by atoms with E-state index in [4.69, 9.17) is 14.6 Å². The smallest absolute Gasteiger partial charge is 0.257 e. The molecule has 1 amide bonds. The average Bonchev–Trinajstić information content (AvgIpc) is 3.20. The summed E-state index contributed by atoms with van der Waals surface area (Å²) in [4.78, 5) is 15.5. The van der Waals surface area contributed by atoms with Crippen molar-refractivity contribution in [2.75, 3.05) is 40.0 Å². The molecule has 1 aliphatic carbocycles. The molecule has 156 valence electrons. The van der Waals surface area contributed by atoms with Gasteiger partial charge in [0, 0.05) is 24.6 Å². The van der Waals surface area contributed by atoms with Crippen molar-refractivity contribution in [1.82, 2.24) is 9.91 Å². The molecule has 2 aromatic carbocycles. The molecule has 0 unspecified atom stereocenters. The maximum absolute atomic E-state index is 13.4. The van der Waals surface area contributed by atoms with E-state index in [9.17, 15) is 4.79 Å². The highest BCUT2D eigenvalue weighted by molar-refractivity contribution is 6.06. The van der Waals surface area contributed by atoms with Crippen molar-refractivity contribution in [3.05, 3.63) is 65.2 Å². The minimum absolute atomic E-state index is 0.0529. The van der Waals surface area contributed by atoms with E-state index in [1.54, 1.807) is 12.1 Å². The Balaban J connectivity index is 1.49. The summed E-state index contributed by atoms with van der Waals surface area (Å²) in [6, 6.07) is 16.4. The molecule has 30 heavy (non-hydrogen) atoms. The molecule has 6 nitrogen and oxygen atoms in total. The molecule has 1 fully saturated rings. The zero-order valence-corrected chi connectivity index (χ0v) is 17.3. The molecule has 6 heteroatoms. The highest BCUT2D eigenvalue weighted by Crippen LogP contribution is 2.43. The lowest BCUT2D eigenvalue weighted by Gasteiger charge is -2.31. The van der Waals surface area contributed by atoms with Gasteiger partial charge in [0.2, 0.25) is 0 Å².